The van der Waals surface area contributed by atoms with Gasteiger partial charge in [0.15, 0.2) is 10.9 Å². The standard InChI is InChI=1S/C19H23N3O4S/c1-10-12-9-20-18(27-4)21-16(12)22(17(26)15(10)11(2)23)13-6-5-7-19(13,3)8-14(24)25/h9,13H,5-8H2,1-4H3,(H,24,25). The number of carboxylic acids is 1. The number of fused-ring (bicyclic) bond motifs is 1. The van der Waals surface area contributed by atoms with Crippen molar-refractivity contribution < 1.29 is 14.7 Å². The van der Waals surface area contributed by atoms with Crippen LogP contribution in [-0.2, 0) is 4.79 Å². The largest absolute Gasteiger partial charge is 0.481 e. The number of pyridine rings is 1. The van der Waals surface area contributed by atoms with Crippen LogP contribution in [0.5, 0.6) is 0 Å². The number of nitrogens with zero attached hydrogens (tertiary/aromatic N) is 3. The van der Waals surface area contributed by atoms with Gasteiger partial charge in [0, 0.05) is 17.6 Å². The lowest BCUT2D eigenvalue weighted by Gasteiger charge is -2.32. The van der Waals surface area contributed by atoms with Gasteiger partial charge < -0.3 is 5.11 Å². The van der Waals surface area contributed by atoms with Gasteiger partial charge in [-0.25, -0.2) is 9.97 Å². The summed E-state index contributed by atoms with van der Waals surface area (Å²) < 4.78 is 1.57. The quantitative estimate of drug-likeness (QED) is 0.476. The predicted octanol–water partition coefficient (Wildman–Crippen LogP) is 3.23. The van der Waals surface area contributed by atoms with Crippen molar-refractivity contribution in [1.29, 1.82) is 0 Å². The fraction of sp³-hybridized carbons (Fsp3) is 0.526. The summed E-state index contributed by atoms with van der Waals surface area (Å²) in [7, 11) is 0. The summed E-state index contributed by atoms with van der Waals surface area (Å²) in [5.74, 6) is -1.19. The van der Waals surface area contributed by atoms with Crippen molar-refractivity contribution in [2.75, 3.05) is 6.26 Å². The highest BCUT2D eigenvalue weighted by Crippen LogP contribution is 2.49. The Balaban J connectivity index is 2.38. The molecule has 0 aromatic carbocycles. The van der Waals surface area contributed by atoms with Gasteiger partial charge in [-0.3, -0.25) is 19.0 Å². The van der Waals surface area contributed by atoms with Crippen LogP contribution in [0.15, 0.2) is 16.1 Å². The normalized spacial score (nSPS) is 22.3. The molecule has 1 aliphatic carbocycles. The third-order valence-electron chi connectivity index (χ3n) is 5.62. The Morgan fingerprint density at radius 1 is 1.44 bits per heavy atom. The van der Waals surface area contributed by atoms with Crippen molar-refractivity contribution >= 4 is 34.5 Å². The molecule has 0 saturated heterocycles. The van der Waals surface area contributed by atoms with Gasteiger partial charge in [-0.15, -0.1) is 0 Å². The molecule has 7 nitrogen and oxygen atoms in total. The lowest BCUT2D eigenvalue weighted by molar-refractivity contribution is -0.140. The summed E-state index contributed by atoms with van der Waals surface area (Å²) >= 11 is 1.37. The second-order valence-corrected chi connectivity index (χ2v) is 8.23. The van der Waals surface area contributed by atoms with Crippen LogP contribution in [0.1, 0.15) is 61.5 Å². The molecule has 144 valence electrons. The summed E-state index contributed by atoms with van der Waals surface area (Å²) in [6.07, 6.45) is 5.68. The molecular weight excluding hydrogens is 366 g/mol. The van der Waals surface area contributed by atoms with E-state index in [-0.39, 0.29) is 29.4 Å². The number of carbonyl (C=O) groups is 2. The van der Waals surface area contributed by atoms with E-state index in [0.717, 1.165) is 6.42 Å². The molecule has 2 heterocycles. The minimum absolute atomic E-state index is 0.0324. The maximum absolute atomic E-state index is 13.3. The Bertz CT molecular complexity index is 1000. The Hall–Kier alpha value is -2.22. The molecule has 0 aliphatic heterocycles. The monoisotopic (exact) mass is 389 g/mol. The second-order valence-electron chi connectivity index (χ2n) is 7.46. The number of rotatable bonds is 5. The zero-order valence-electron chi connectivity index (χ0n) is 15.9. The van der Waals surface area contributed by atoms with Crippen LogP contribution in [0.4, 0.5) is 0 Å². The van der Waals surface area contributed by atoms with E-state index in [0.29, 0.717) is 34.6 Å². The van der Waals surface area contributed by atoms with Gasteiger partial charge in [-0.1, -0.05) is 25.1 Å². The van der Waals surface area contributed by atoms with Crippen LogP contribution >= 0.6 is 11.8 Å². The molecule has 8 heteroatoms. The van der Waals surface area contributed by atoms with E-state index >= 15 is 0 Å². The van der Waals surface area contributed by atoms with Gasteiger partial charge in [0.05, 0.1) is 12.0 Å². The highest BCUT2D eigenvalue weighted by molar-refractivity contribution is 7.98. The van der Waals surface area contributed by atoms with E-state index in [2.05, 4.69) is 9.97 Å². The molecule has 2 unspecified atom stereocenters. The van der Waals surface area contributed by atoms with E-state index in [1.807, 2.05) is 13.2 Å². The second kappa shape index (κ2) is 7.07. The van der Waals surface area contributed by atoms with Crippen LogP contribution in [-0.4, -0.2) is 37.6 Å². The number of Topliss-reactive ketones (excluding diaryl/α,β-unsaturated/α-hetero) is 1. The number of aliphatic carboxylic acids is 1. The first-order valence-electron chi connectivity index (χ1n) is 8.88. The molecule has 0 spiro atoms. The van der Waals surface area contributed by atoms with Gasteiger partial charge in [0.25, 0.3) is 5.56 Å². The van der Waals surface area contributed by atoms with Crippen LogP contribution in [0.2, 0.25) is 0 Å². The smallest absolute Gasteiger partial charge is 0.303 e. The highest BCUT2D eigenvalue weighted by Gasteiger charge is 2.43. The Kier molecular flexibility index (Phi) is 5.12. The summed E-state index contributed by atoms with van der Waals surface area (Å²) in [5, 5.41) is 10.6. The van der Waals surface area contributed by atoms with Crippen molar-refractivity contribution in [2.24, 2.45) is 5.41 Å². The number of aryl methyl sites for hydroxylation is 1. The zero-order valence-corrected chi connectivity index (χ0v) is 16.7. The summed E-state index contributed by atoms with van der Waals surface area (Å²) in [6.45, 7) is 5.02. The van der Waals surface area contributed by atoms with Crippen molar-refractivity contribution in [1.82, 2.24) is 14.5 Å². The third-order valence-corrected chi connectivity index (χ3v) is 6.18. The number of aromatic nitrogens is 3. The lowest BCUT2D eigenvalue weighted by Crippen LogP contribution is -2.37. The van der Waals surface area contributed by atoms with Gasteiger partial charge in [0.2, 0.25) is 0 Å². The fourth-order valence-electron chi connectivity index (χ4n) is 4.33. The minimum Gasteiger partial charge on any atom is -0.481 e. The molecule has 1 aliphatic rings. The fourth-order valence-corrected chi connectivity index (χ4v) is 4.66. The van der Waals surface area contributed by atoms with Crippen LogP contribution in [0.3, 0.4) is 0 Å². The molecule has 2 aromatic heterocycles. The molecule has 1 N–H and O–H groups in total. The van der Waals surface area contributed by atoms with Crippen LogP contribution < -0.4 is 5.56 Å². The van der Waals surface area contributed by atoms with E-state index in [1.165, 1.54) is 18.7 Å². The van der Waals surface area contributed by atoms with Gasteiger partial charge >= 0.3 is 5.97 Å². The number of carboxylic acid groups (broad SMARTS) is 1. The SMILES string of the molecule is CSc1ncc2c(C)c(C(C)=O)c(=O)n(C3CCCC3(C)CC(=O)O)c2n1. The average molecular weight is 389 g/mol. The molecular formula is C19H23N3O4S. The first-order valence-corrected chi connectivity index (χ1v) is 10.1. The van der Waals surface area contributed by atoms with Crippen molar-refractivity contribution in [2.45, 2.75) is 57.7 Å². The summed E-state index contributed by atoms with van der Waals surface area (Å²) in [6, 6.07) is -0.327. The van der Waals surface area contributed by atoms with E-state index in [1.54, 1.807) is 17.7 Å². The molecule has 2 atom stereocenters. The maximum Gasteiger partial charge on any atom is 0.303 e. The molecule has 1 fully saturated rings. The number of hydrogen-bond acceptors (Lipinski definition) is 6. The van der Waals surface area contributed by atoms with Crippen molar-refractivity contribution in [3.05, 3.63) is 27.7 Å². The topological polar surface area (TPSA) is 102 Å². The van der Waals surface area contributed by atoms with Crippen LogP contribution in [0, 0.1) is 12.3 Å². The van der Waals surface area contributed by atoms with Crippen molar-refractivity contribution in [3.63, 3.8) is 0 Å². The molecule has 0 amide bonds. The first kappa shape index (κ1) is 19.5. The van der Waals surface area contributed by atoms with E-state index in [9.17, 15) is 19.5 Å². The molecule has 3 rings (SSSR count). The number of hydrogen-bond donors (Lipinski definition) is 1. The Morgan fingerprint density at radius 3 is 2.74 bits per heavy atom. The molecule has 0 radical (unpaired) electrons. The van der Waals surface area contributed by atoms with Gasteiger partial charge in [-0.2, -0.15) is 0 Å². The number of thioether (sulfide) groups is 1. The molecule has 27 heavy (non-hydrogen) atoms. The zero-order chi connectivity index (χ0) is 19.9. The predicted molar refractivity (Wildman–Crippen MR) is 104 cm³/mol. The molecule has 1 saturated carbocycles. The molecule has 0 bridgehead atoms. The molecule has 2 aromatic rings. The number of ketones is 1. The third kappa shape index (κ3) is 3.26. The lowest BCUT2D eigenvalue weighted by atomic mass is 9.81. The van der Waals surface area contributed by atoms with Crippen molar-refractivity contribution in [3.8, 4) is 0 Å². The Labute approximate surface area is 161 Å². The summed E-state index contributed by atoms with van der Waals surface area (Å²) in [5.41, 5.74) is 0.222. The van der Waals surface area contributed by atoms with E-state index in [4.69, 9.17) is 0 Å². The van der Waals surface area contributed by atoms with Crippen LogP contribution in [0.25, 0.3) is 11.0 Å². The minimum atomic E-state index is -0.889. The van der Waals surface area contributed by atoms with Gasteiger partial charge in [0.1, 0.15) is 5.65 Å². The highest BCUT2D eigenvalue weighted by atomic mass is 32.2. The van der Waals surface area contributed by atoms with E-state index < -0.39 is 11.4 Å². The van der Waals surface area contributed by atoms with Gasteiger partial charge in [-0.05, 0) is 43.9 Å². The first-order chi connectivity index (χ1) is 12.7. The average Bonchev–Trinajstić information content (AvgIpc) is 2.94. The number of carbonyl (C=O) groups excluding carboxylic acids is 1. The summed E-state index contributed by atoms with van der Waals surface area (Å²) in [4.78, 5) is 45.8. The Morgan fingerprint density at radius 2 is 2.15 bits per heavy atom. The maximum atomic E-state index is 13.3.